The Morgan fingerprint density at radius 1 is 1.24 bits per heavy atom. The Bertz CT molecular complexity index is 374. The number of carbonyl (C=O) groups is 2. The van der Waals surface area contributed by atoms with E-state index in [1.807, 2.05) is 19.9 Å². The summed E-state index contributed by atoms with van der Waals surface area (Å²) in [7, 11) is -2.01. The normalized spacial score (nSPS) is 19.5. The molecule has 0 aromatic carbocycles. The average molecular weight is 314 g/mol. The van der Waals surface area contributed by atoms with Gasteiger partial charge in [-0.05, 0) is 45.7 Å². The van der Waals surface area contributed by atoms with Gasteiger partial charge in [0.15, 0.2) is 0 Å². The molecule has 1 unspecified atom stereocenters. The van der Waals surface area contributed by atoms with Crippen LogP contribution in [0.4, 0.5) is 0 Å². The number of rotatable bonds is 10. The van der Waals surface area contributed by atoms with Gasteiger partial charge in [-0.15, -0.1) is 0 Å². The highest BCUT2D eigenvalue weighted by Crippen LogP contribution is 2.21. The minimum absolute atomic E-state index is 0.211. The summed E-state index contributed by atoms with van der Waals surface area (Å²) in [4.78, 5) is 22.2. The third kappa shape index (κ3) is 6.54. The van der Waals surface area contributed by atoms with Crippen LogP contribution in [0.25, 0.3) is 0 Å². The topological polar surface area (TPSA) is 61.8 Å². The Hall–Kier alpha value is -0.983. The lowest BCUT2D eigenvalue weighted by Crippen LogP contribution is -2.38. The van der Waals surface area contributed by atoms with Crippen LogP contribution in [0.2, 0.25) is 12.6 Å². The fourth-order valence-corrected chi connectivity index (χ4v) is 4.86. The number of carbonyl (C=O) groups excluding carboxylic acids is 2. The monoisotopic (exact) mass is 314 g/mol. The molecule has 1 aliphatic heterocycles. The van der Waals surface area contributed by atoms with Crippen LogP contribution in [0.15, 0.2) is 12.2 Å². The van der Waals surface area contributed by atoms with Gasteiger partial charge in [0.05, 0.1) is 12.3 Å². The van der Waals surface area contributed by atoms with E-state index in [2.05, 4.69) is 17.4 Å². The zero-order valence-electron chi connectivity index (χ0n) is 13.2. The summed E-state index contributed by atoms with van der Waals surface area (Å²) in [6, 6.07) is 0.961. The standard InChI is InChI=1S/C15H26O5Si/c1-4-18-21(3,19-5-2)11-9-7-6-8-10-13-12-14(16)20-15(13)17/h6,8,13H,4-5,7,9-12H2,1-3H3/b8-6+. The highest BCUT2D eigenvalue weighted by Gasteiger charge is 2.32. The molecule has 0 aromatic heterocycles. The molecule has 0 radical (unpaired) electrons. The molecule has 0 aliphatic carbocycles. The van der Waals surface area contributed by atoms with Crippen molar-refractivity contribution in [2.75, 3.05) is 13.2 Å². The molecule has 1 aliphatic rings. The predicted octanol–water partition coefficient (Wildman–Crippen LogP) is 2.95. The van der Waals surface area contributed by atoms with Gasteiger partial charge < -0.3 is 13.6 Å². The van der Waals surface area contributed by atoms with Crippen LogP contribution >= 0.6 is 0 Å². The van der Waals surface area contributed by atoms with Crippen LogP contribution in [0.1, 0.15) is 39.5 Å². The Morgan fingerprint density at radius 3 is 2.43 bits per heavy atom. The molecule has 0 amide bonds. The van der Waals surface area contributed by atoms with Gasteiger partial charge in [0, 0.05) is 13.2 Å². The first-order chi connectivity index (χ1) is 10.0. The zero-order valence-corrected chi connectivity index (χ0v) is 14.2. The number of ether oxygens (including phenoxy) is 1. The van der Waals surface area contributed by atoms with E-state index in [0.29, 0.717) is 19.6 Å². The lowest BCUT2D eigenvalue weighted by atomic mass is 10.0. The number of esters is 2. The summed E-state index contributed by atoms with van der Waals surface area (Å²) in [5, 5.41) is 0. The van der Waals surface area contributed by atoms with Gasteiger partial charge in [-0.25, -0.2) is 0 Å². The van der Waals surface area contributed by atoms with Crippen molar-refractivity contribution in [2.45, 2.75) is 52.1 Å². The Labute approximate surface area is 127 Å². The minimum atomic E-state index is -2.01. The minimum Gasteiger partial charge on any atom is -0.395 e. The Balaban J connectivity index is 2.22. The number of unbranched alkanes of at least 4 members (excludes halogenated alkanes) is 1. The molecule has 21 heavy (non-hydrogen) atoms. The van der Waals surface area contributed by atoms with Gasteiger partial charge in [0.25, 0.3) is 0 Å². The molecule has 1 atom stereocenters. The second kappa shape index (κ2) is 9.12. The van der Waals surface area contributed by atoms with E-state index in [9.17, 15) is 9.59 Å². The van der Waals surface area contributed by atoms with Crippen molar-refractivity contribution in [1.82, 2.24) is 0 Å². The maximum Gasteiger partial charge on any atom is 0.334 e. The second-order valence-corrected chi connectivity index (χ2v) is 8.64. The van der Waals surface area contributed by atoms with Gasteiger partial charge in [-0.3, -0.25) is 9.59 Å². The summed E-state index contributed by atoms with van der Waals surface area (Å²) >= 11 is 0. The van der Waals surface area contributed by atoms with Crippen molar-refractivity contribution in [2.24, 2.45) is 5.92 Å². The molecular formula is C15H26O5Si. The van der Waals surface area contributed by atoms with Gasteiger partial charge >= 0.3 is 20.5 Å². The first-order valence-corrected chi connectivity index (χ1v) is 10.2. The third-order valence-corrected chi connectivity index (χ3v) is 6.51. The second-order valence-electron chi connectivity index (χ2n) is 5.29. The molecule has 120 valence electrons. The van der Waals surface area contributed by atoms with Crippen LogP contribution in [0.5, 0.6) is 0 Å². The SMILES string of the molecule is CCO[Si](C)(CCC/C=C/CC1CC(=O)OC1=O)OCC. The van der Waals surface area contributed by atoms with Gasteiger partial charge in [0.1, 0.15) is 0 Å². The van der Waals surface area contributed by atoms with E-state index in [1.165, 1.54) is 0 Å². The zero-order chi connectivity index (χ0) is 15.7. The molecule has 1 fully saturated rings. The molecule has 1 saturated heterocycles. The molecule has 1 heterocycles. The summed E-state index contributed by atoms with van der Waals surface area (Å²) in [6.07, 6.45) is 6.75. The number of allylic oxidation sites excluding steroid dienone is 2. The summed E-state index contributed by atoms with van der Waals surface area (Å²) < 4.78 is 16.1. The van der Waals surface area contributed by atoms with Gasteiger partial charge in [0.2, 0.25) is 0 Å². The third-order valence-electron chi connectivity index (χ3n) is 3.45. The quantitative estimate of drug-likeness (QED) is 0.204. The first kappa shape index (κ1) is 18.1. The Kier molecular flexibility index (Phi) is 7.85. The first-order valence-electron chi connectivity index (χ1n) is 7.68. The fourth-order valence-electron chi connectivity index (χ4n) is 2.42. The smallest absolute Gasteiger partial charge is 0.334 e. The average Bonchev–Trinajstić information content (AvgIpc) is 2.72. The van der Waals surface area contributed by atoms with Crippen LogP contribution in [-0.4, -0.2) is 33.7 Å². The van der Waals surface area contributed by atoms with Crippen molar-refractivity contribution >= 4 is 20.5 Å². The maximum absolute atomic E-state index is 11.3. The maximum atomic E-state index is 11.3. The van der Waals surface area contributed by atoms with E-state index in [-0.39, 0.29) is 12.3 Å². The van der Waals surface area contributed by atoms with E-state index >= 15 is 0 Å². The van der Waals surface area contributed by atoms with Crippen LogP contribution in [0.3, 0.4) is 0 Å². The van der Waals surface area contributed by atoms with E-state index in [0.717, 1.165) is 18.9 Å². The number of cyclic esters (lactones) is 2. The van der Waals surface area contributed by atoms with Crippen molar-refractivity contribution in [3.8, 4) is 0 Å². The van der Waals surface area contributed by atoms with Gasteiger partial charge in [-0.1, -0.05) is 12.2 Å². The van der Waals surface area contributed by atoms with Crippen LogP contribution in [0, 0.1) is 5.92 Å². The van der Waals surface area contributed by atoms with E-state index < -0.39 is 20.5 Å². The molecule has 6 heteroatoms. The molecule has 0 bridgehead atoms. The van der Waals surface area contributed by atoms with Crippen molar-refractivity contribution in [1.29, 1.82) is 0 Å². The summed E-state index contributed by atoms with van der Waals surface area (Å²) in [5.74, 6) is -1.09. The summed E-state index contributed by atoms with van der Waals surface area (Å²) in [5.41, 5.74) is 0. The Morgan fingerprint density at radius 2 is 1.90 bits per heavy atom. The van der Waals surface area contributed by atoms with Crippen LogP contribution in [-0.2, 0) is 23.2 Å². The number of hydrogen-bond donors (Lipinski definition) is 0. The largest absolute Gasteiger partial charge is 0.395 e. The highest BCUT2D eigenvalue weighted by atomic mass is 28.4. The van der Waals surface area contributed by atoms with Crippen molar-refractivity contribution in [3.63, 3.8) is 0 Å². The fraction of sp³-hybridized carbons (Fsp3) is 0.733. The molecule has 0 spiro atoms. The van der Waals surface area contributed by atoms with Crippen LogP contribution < -0.4 is 0 Å². The molecule has 1 rings (SSSR count). The van der Waals surface area contributed by atoms with Crippen molar-refractivity contribution < 1.29 is 23.2 Å². The molecule has 5 nitrogen and oxygen atoms in total. The lowest BCUT2D eigenvalue weighted by Gasteiger charge is -2.25. The summed E-state index contributed by atoms with van der Waals surface area (Å²) in [6.45, 7) is 7.47. The van der Waals surface area contributed by atoms with Gasteiger partial charge in [-0.2, -0.15) is 0 Å². The van der Waals surface area contributed by atoms with E-state index in [4.69, 9.17) is 8.85 Å². The van der Waals surface area contributed by atoms with E-state index in [1.54, 1.807) is 0 Å². The molecular weight excluding hydrogens is 288 g/mol. The molecule has 0 aromatic rings. The highest BCUT2D eigenvalue weighted by molar-refractivity contribution is 6.66. The lowest BCUT2D eigenvalue weighted by molar-refractivity contribution is -0.153. The molecule has 0 saturated carbocycles. The van der Waals surface area contributed by atoms with Crippen molar-refractivity contribution in [3.05, 3.63) is 12.2 Å². The predicted molar refractivity (Wildman–Crippen MR) is 81.9 cm³/mol. The number of hydrogen-bond acceptors (Lipinski definition) is 5. The molecule has 0 N–H and O–H groups in total.